The largest absolute Gasteiger partial charge is 0.348 e. The monoisotopic (exact) mass is 431 g/mol. The van der Waals surface area contributed by atoms with Crippen molar-refractivity contribution in [2.45, 2.75) is 45.8 Å². The number of hydrogen-bond acceptors (Lipinski definition) is 5. The smallest absolute Gasteiger partial charge is 0.264 e. The number of piperidine rings is 1. The second-order valence-electron chi connectivity index (χ2n) is 8.49. The van der Waals surface area contributed by atoms with Crippen LogP contribution in [0.15, 0.2) is 59.8 Å². The molecule has 3 aromatic rings. The summed E-state index contributed by atoms with van der Waals surface area (Å²) in [5.41, 5.74) is 3.33. The van der Waals surface area contributed by atoms with Crippen molar-refractivity contribution < 1.29 is 4.79 Å². The molecule has 7 nitrogen and oxygen atoms in total. The summed E-state index contributed by atoms with van der Waals surface area (Å²) in [5, 5.41) is 3.11. The molecule has 7 heteroatoms. The van der Waals surface area contributed by atoms with Crippen LogP contribution in [0.4, 0.5) is 0 Å². The number of nitrogens with zero attached hydrogens (tertiary/aromatic N) is 4. The van der Waals surface area contributed by atoms with Crippen LogP contribution < -0.4 is 10.9 Å². The summed E-state index contributed by atoms with van der Waals surface area (Å²) in [4.78, 5) is 37.1. The topological polar surface area (TPSA) is 80.1 Å². The summed E-state index contributed by atoms with van der Waals surface area (Å²) in [6, 6.07) is 12.2. The number of amides is 1. The lowest BCUT2D eigenvalue weighted by atomic mass is 10.0. The molecule has 1 aromatic carbocycles. The fraction of sp³-hybridized carbons (Fsp3) is 0.360. The van der Waals surface area contributed by atoms with Crippen molar-refractivity contribution in [3.63, 3.8) is 0 Å². The predicted octanol–water partition coefficient (Wildman–Crippen LogP) is 2.70. The van der Waals surface area contributed by atoms with Crippen LogP contribution in [0, 0.1) is 13.8 Å². The molecule has 4 rings (SSSR count). The van der Waals surface area contributed by atoms with Gasteiger partial charge in [0.1, 0.15) is 5.56 Å². The van der Waals surface area contributed by atoms with Crippen LogP contribution in [0.3, 0.4) is 0 Å². The Kier molecular flexibility index (Phi) is 6.75. The van der Waals surface area contributed by atoms with Gasteiger partial charge >= 0.3 is 0 Å². The minimum absolute atomic E-state index is 0.0235. The zero-order chi connectivity index (χ0) is 22.5. The number of benzene rings is 1. The Hall–Kier alpha value is -3.32. The summed E-state index contributed by atoms with van der Waals surface area (Å²) in [6.07, 6.45) is 6.97. The molecule has 3 heterocycles. The summed E-state index contributed by atoms with van der Waals surface area (Å²) in [7, 11) is 0. The van der Waals surface area contributed by atoms with Gasteiger partial charge in [0, 0.05) is 31.5 Å². The van der Waals surface area contributed by atoms with E-state index in [-0.39, 0.29) is 29.6 Å². The number of aromatic nitrogens is 3. The van der Waals surface area contributed by atoms with Gasteiger partial charge in [0.15, 0.2) is 0 Å². The lowest BCUT2D eigenvalue weighted by Gasteiger charge is -2.33. The number of carbonyl (C=O) groups is 1. The van der Waals surface area contributed by atoms with Gasteiger partial charge in [-0.05, 0) is 50.4 Å². The first kappa shape index (κ1) is 21.9. The van der Waals surface area contributed by atoms with Crippen molar-refractivity contribution in [3.8, 4) is 0 Å². The number of aryl methyl sites for hydroxylation is 2. The van der Waals surface area contributed by atoms with E-state index in [2.05, 4.69) is 32.3 Å². The Morgan fingerprint density at radius 3 is 2.66 bits per heavy atom. The van der Waals surface area contributed by atoms with Gasteiger partial charge < -0.3 is 9.88 Å². The molecule has 1 unspecified atom stereocenters. The first-order chi connectivity index (χ1) is 15.5. The molecule has 0 saturated carbocycles. The van der Waals surface area contributed by atoms with E-state index in [0.29, 0.717) is 11.3 Å². The van der Waals surface area contributed by atoms with E-state index in [0.717, 1.165) is 38.2 Å². The number of likely N-dealkylation sites (tertiary alicyclic amines) is 1. The van der Waals surface area contributed by atoms with Gasteiger partial charge in [-0.2, -0.15) is 0 Å². The Morgan fingerprint density at radius 2 is 1.91 bits per heavy atom. The molecule has 0 bridgehead atoms. The van der Waals surface area contributed by atoms with Crippen LogP contribution in [0.25, 0.3) is 0 Å². The zero-order valence-corrected chi connectivity index (χ0v) is 18.6. The fourth-order valence-corrected chi connectivity index (χ4v) is 4.16. The average molecular weight is 432 g/mol. The summed E-state index contributed by atoms with van der Waals surface area (Å²) in [6.45, 7) is 6.59. The highest BCUT2D eigenvalue weighted by atomic mass is 16.2. The standard InChI is InChI=1S/C25H29N5O2/c1-18-10-12-30(17-22-14-26-19(2)13-27-22)25(32)23(18)24(31)28-21-9-6-11-29(16-21)15-20-7-4-3-5-8-20/h3-5,7-8,10,12-14,21H,6,9,11,15-17H2,1-2H3,(H,28,31). The molecule has 1 fully saturated rings. The minimum atomic E-state index is -0.304. The SMILES string of the molecule is Cc1cnc(Cn2ccc(C)c(C(=O)NC3CCCN(Cc4ccccc4)C3)c2=O)cn1. The third kappa shape index (κ3) is 5.29. The molecule has 1 aliphatic heterocycles. The van der Waals surface area contributed by atoms with E-state index in [1.165, 1.54) is 10.1 Å². The molecular weight excluding hydrogens is 402 g/mol. The van der Waals surface area contributed by atoms with Crippen LogP contribution in [-0.2, 0) is 13.1 Å². The van der Waals surface area contributed by atoms with Gasteiger partial charge in [-0.25, -0.2) is 0 Å². The van der Waals surface area contributed by atoms with Gasteiger partial charge in [0.05, 0.1) is 24.1 Å². The van der Waals surface area contributed by atoms with Crippen LogP contribution in [0.1, 0.15) is 45.7 Å². The van der Waals surface area contributed by atoms with Crippen molar-refractivity contribution in [2.24, 2.45) is 0 Å². The third-order valence-corrected chi connectivity index (χ3v) is 5.86. The van der Waals surface area contributed by atoms with Crippen molar-refractivity contribution >= 4 is 5.91 Å². The summed E-state index contributed by atoms with van der Waals surface area (Å²) in [5.74, 6) is -0.302. The first-order valence-corrected chi connectivity index (χ1v) is 11.0. The van der Waals surface area contributed by atoms with Crippen molar-refractivity contribution in [3.05, 3.63) is 93.4 Å². The lowest BCUT2D eigenvalue weighted by Crippen LogP contribution is -2.48. The maximum atomic E-state index is 13.1. The van der Waals surface area contributed by atoms with Gasteiger partial charge in [-0.3, -0.25) is 24.5 Å². The molecule has 1 amide bonds. The van der Waals surface area contributed by atoms with Crippen molar-refractivity contribution in [2.75, 3.05) is 13.1 Å². The predicted molar refractivity (Wildman–Crippen MR) is 124 cm³/mol. The van der Waals surface area contributed by atoms with Gasteiger partial charge in [-0.1, -0.05) is 30.3 Å². The Morgan fingerprint density at radius 1 is 1.09 bits per heavy atom. The lowest BCUT2D eigenvalue weighted by molar-refractivity contribution is 0.0898. The minimum Gasteiger partial charge on any atom is -0.348 e. The maximum Gasteiger partial charge on any atom is 0.264 e. The van der Waals surface area contributed by atoms with Gasteiger partial charge in [-0.15, -0.1) is 0 Å². The summed E-state index contributed by atoms with van der Waals surface area (Å²) < 4.78 is 1.52. The summed E-state index contributed by atoms with van der Waals surface area (Å²) >= 11 is 0. The molecule has 2 aromatic heterocycles. The quantitative estimate of drug-likeness (QED) is 0.649. The Balaban J connectivity index is 1.45. The third-order valence-electron chi connectivity index (χ3n) is 5.86. The van der Waals surface area contributed by atoms with E-state index in [1.807, 2.05) is 25.1 Å². The van der Waals surface area contributed by atoms with Crippen molar-refractivity contribution in [1.82, 2.24) is 24.8 Å². The molecular formula is C25H29N5O2. The molecule has 1 saturated heterocycles. The van der Waals surface area contributed by atoms with E-state index >= 15 is 0 Å². The fourth-order valence-electron chi connectivity index (χ4n) is 4.16. The van der Waals surface area contributed by atoms with E-state index in [4.69, 9.17) is 0 Å². The van der Waals surface area contributed by atoms with Gasteiger partial charge in [0.25, 0.3) is 11.5 Å². The Labute approximate surface area is 188 Å². The molecule has 166 valence electrons. The number of rotatable bonds is 6. The maximum absolute atomic E-state index is 13.1. The number of pyridine rings is 1. The molecule has 32 heavy (non-hydrogen) atoms. The Bertz CT molecular complexity index is 1130. The van der Waals surface area contributed by atoms with Crippen LogP contribution in [0.5, 0.6) is 0 Å². The molecule has 1 N–H and O–H groups in total. The van der Waals surface area contributed by atoms with Crippen LogP contribution in [-0.4, -0.2) is 44.5 Å². The highest BCUT2D eigenvalue weighted by Gasteiger charge is 2.24. The molecule has 0 spiro atoms. The second kappa shape index (κ2) is 9.87. The van der Waals surface area contributed by atoms with Crippen LogP contribution >= 0.6 is 0 Å². The van der Waals surface area contributed by atoms with Gasteiger partial charge in [0.2, 0.25) is 0 Å². The molecule has 1 aliphatic rings. The number of hydrogen-bond donors (Lipinski definition) is 1. The molecule has 1 atom stereocenters. The highest BCUT2D eigenvalue weighted by Crippen LogP contribution is 2.14. The first-order valence-electron chi connectivity index (χ1n) is 11.0. The van der Waals surface area contributed by atoms with E-state index < -0.39 is 0 Å². The molecule has 0 radical (unpaired) electrons. The van der Waals surface area contributed by atoms with Crippen molar-refractivity contribution in [1.29, 1.82) is 0 Å². The average Bonchev–Trinajstić information content (AvgIpc) is 2.78. The highest BCUT2D eigenvalue weighted by molar-refractivity contribution is 5.95. The van der Waals surface area contributed by atoms with E-state index in [9.17, 15) is 9.59 Å². The van der Waals surface area contributed by atoms with E-state index in [1.54, 1.807) is 31.6 Å². The number of nitrogens with one attached hydrogen (secondary N) is 1. The zero-order valence-electron chi connectivity index (χ0n) is 18.6. The molecule has 0 aliphatic carbocycles. The normalized spacial score (nSPS) is 16.6. The van der Waals surface area contributed by atoms with Crippen LogP contribution in [0.2, 0.25) is 0 Å². The second-order valence-corrected chi connectivity index (χ2v) is 8.49. The number of carbonyl (C=O) groups excluding carboxylic acids is 1.